The standard InChI is InChI=1S/C7H12O4/c1-7(2,4-8)3-5(9)6(10)11/h8H,3-4H2,1-2H3,(H,10,11). The van der Waals surface area contributed by atoms with Gasteiger partial charge in [-0.3, -0.25) is 4.79 Å². The molecule has 0 aliphatic carbocycles. The van der Waals surface area contributed by atoms with Gasteiger partial charge in [0.1, 0.15) is 0 Å². The van der Waals surface area contributed by atoms with Gasteiger partial charge in [-0.05, 0) is 5.41 Å². The first kappa shape index (κ1) is 10.1. The van der Waals surface area contributed by atoms with Crippen LogP contribution in [0.25, 0.3) is 0 Å². The van der Waals surface area contributed by atoms with E-state index in [1.54, 1.807) is 13.8 Å². The second kappa shape index (κ2) is 3.48. The normalized spacial score (nSPS) is 11.2. The van der Waals surface area contributed by atoms with E-state index in [9.17, 15) is 9.59 Å². The van der Waals surface area contributed by atoms with Crippen molar-refractivity contribution in [3.63, 3.8) is 0 Å². The summed E-state index contributed by atoms with van der Waals surface area (Å²) in [5, 5.41) is 16.9. The first-order valence-electron chi connectivity index (χ1n) is 3.26. The molecule has 11 heavy (non-hydrogen) atoms. The zero-order chi connectivity index (χ0) is 9.07. The maximum absolute atomic E-state index is 10.6. The summed E-state index contributed by atoms with van der Waals surface area (Å²) in [4.78, 5) is 20.7. The first-order chi connectivity index (χ1) is 4.89. The smallest absolute Gasteiger partial charge is 0.372 e. The summed E-state index contributed by atoms with van der Waals surface area (Å²) in [6.07, 6.45) is -0.126. The number of carbonyl (C=O) groups is 2. The van der Waals surface area contributed by atoms with E-state index in [2.05, 4.69) is 0 Å². The number of aliphatic hydroxyl groups excluding tert-OH is 1. The van der Waals surface area contributed by atoms with Crippen LogP contribution in [-0.4, -0.2) is 28.6 Å². The number of aliphatic carboxylic acids is 1. The van der Waals surface area contributed by atoms with Crippen molar-refractivity contribution in [2.45, 2.75) is 20.3 Å². The predicted octanol–water partition coefficient (Wildman–Crippen LogP) is 0.0487. The fourth-order valence-electron chi connectivity index (χ4n) is 0.566. The summed E-state index contributed by atoms with van der Waals surface area (Å²) in [5.41, 5.74) is -0.629. The lowest BCUT2D eigenvalue weighted by Crippen LogP contribution is -2.25. The third kappa shape index (κ3) is 3.72. The Kier molecular flexibility index (Phi) is 3.19. The highest BCUT2D eigenvalue weighted by atomic mass is 16.4. The quantitative estimate of drug-likeness (QED) is 0.570. The summed E-state index contributed by atoms with van der Waals surface area (Å²) in [5.74, 6) is -2.30. The maximum Gasteiger partial charge on any atom is 0.372 e. The van der Waals surface area contributed by atoms with Gasteiger partial charge in [-0.2, -0.15) is 0 Å². The fourth-order valence-corrected chi connectivity index (χ4v) is 0.566. The molecule has 0 rings (SSSR count). The molecule has 0 amide bonds. The number of ketones is 1. The van der Waals surface area contributed by atoms with E-state index >= 15 is 0 Å². The molecule has 0 spiro atoms. The van der Waals surface area contributed by atoms with Gasteiger partial charge in [-0.15, -0.1) is 0 Å². The highest BCUT2D eigenvalue weighted by Gasteiger charge is 2.24. The second-order valence-electron chi connectivity index (χ2n) is 3.23. The fraction of sp³-hybridized carbons (Fsp3) is 0.714. The summed E-state index contributed by atoms with van der Waals surface area (Å²) >= 11 is 0. The first-order valence-corrected chi connectivity index (χ1v) is 3.26. The summed E-state index contributed by atoms with van der Waals surface area (Å²) in [6.45, 7) is 3.08. The average Bonchev–Trinajstić information content (AvgIpc) is 1.87. The highest BCUT2D eigenvalue weighted by molar-refractivity contribution is 6.32. The van der Waals surface area contributed by atoms with Gasteiger partial charge in [0.05, 0.1) is 0 Å². The van der Waals surface area contributed by atoms with Crippen LogP contribution in [0.3, 0.4) is 0 Å². The number of carboxylic acid groups (broad SMARTS) is 1. The van der Waals surface area contributed by atoms with Crippen molar-refractivity contribution in [3.05, 3.63) is 0 Å². The highest BCUT2D eigenvalue weighted by Crippen LogP contribution is 2.18. The largest absolute Gasteiger partial charge is 0.476 e. The zero-order valence-corrected chi connectivity index (χ0v) is 6.63. The molecule has 0 radical (unpaired) electrons. The van der Waals surface area contributed by atoms with Crippen LogP contribution in [0.4, 0.5) is 0 Å². The van der Waals surface area contributed by atoms with Gasteiger partial charge in [0.15, 0.2) is 0 Å². The number of hydrogen-bond acceptors (Lipinski definition) is 3. The third-order valence-corrected chi connectivity index (χ3v) is 1.31. The minimum Gasteiger partial charge on any atom is -0.476 e. The predicted molar refractivity (Wildman–Crippen MR) is 38.1 cm³/mol. The minimum absolute atomic E-state index is 0.126. The number of carboxylic acids is 1. The van der Waals surface area contributed by atoms with Crippen molar-refractivity contribution in [1.29, 1.82) is 0 Å². The number of hydrogen-bond donors (Lipinski definition) is 2. The molecule has 4 nitrogen and oxygen atoms in total. The number of carbonyl (C=O) groups excluding carboxylic acids is 1. The molecule has 0 aromatic rings. The van der Waals surface area contributed by atoms with Crippen LogP contribution in [0.2, 0.25) is 0 Å². The maximum atomic E-state index is 10.6. The van der Waals surface area contributed by atoms with Gasteiger partial charge in [0.25, 0.3) is 0 Å². The van der Waals surface area contributed by atoms with Gasteiger partial charge in [0.2, 0.25) is 5.78 Å². The molecule has 0 saturated carbocycles. The van der Waals surface area contributed by atoms with E-state index < -0.39 is 17.2 Å². The Morgan fingerprint density at radius 3 is 2.09 bits per heavy atom. The van der Waals surface area contributed by atoms with Crippen molar-refractivity contribution in [3.8, 4) is 0 Å². The SMILES string of the molecule is CC(C)(CO)CC(=O)C(=O)O. The third-order valence-electron chi connectivity index (χ3n) is 1.31. The van der Waals surface area contributed by atoms with Gasteiger partial charge >= 0.3 is 5.97 Å². The molecule has 0 unspecified atom stereocenters. The molecule has 2 N–H and O–H groups in total. The van der Waals surface area contributed by atoms with Crippen molar-refractivity contribution < 1.29 is 19.8 Å². The minimum atomic E-state index is -1.44. The number of aliphatic hydroxyl groups is 1. The van der Waals surface area contributed by atoms with Gasteiger partial charge in [-0.25, -0.2) is 4.79 Å². The molecule has 0 aromatic carbocycles. The molecular weight excluding hydrogens is 148 g/mol. The van der Waals surface area contributed by atoms with Gasteiger partial charge in [0, 0.05) is 13.0 Å². The van der Waals surface area contributed by atoms with Crippen molar-refractivity contribution in [2.75, 3.05) is 6.61 Å². The molecule has 0 saturated heterocycles. The topological polar surface area (TPSA) is 74.6 Å². The Labute approximate surface area is 64.8 Å². The van der Waals surface area contributed by atoms with Crippen molar-refractivity contribution >= 4 is 11.8 Å². The van der Waals surface area contributed by atoms with Crippen LogP contribution in [0.5, 0.6) is 0 Å². The molecule has 4 heteroatoms. The molecule has 0 aliphatic rings. The summed E-state index contributed by atoms with van der Waals surface area (Å²) in [7, 11) is 0. The van der Waals surface area contributed by atoms with Gasteiger partial charge in [-0.1, -0.05) is 13.8 Å². The van der Waals surface area contributed by atoms with Gasteiger partial charge < -0.3 is 10.2 Å². The van der Waals surface area contributed by atoms with Crippen molar-refractivity contribution in [2.24, 2.45) is 5.41 Å². The van der Waals surface area contributed by atoms with Crippen LogP contribution in [0, 0.1) is 5.41 Å². The van der Waals surface area contributed by atoms with Crippen LogP contribution < -0.4 is 0 Å². The van der Waals surface area contributed by atoms with E-state index in [-0.39, 0.29) is 13.0 Å². The Balaban J connectivity index is 4.04. The van der Waals surface area contributed by atoms with Crippen molar-refractivity contribution in [1.82, 2.24) is 0 Å². The molecule has 0 heterocycles. The second-order valence-corrected chi connectivity index (χ2v) is 3.23. The van der Waals surface area contributed by atoms with Crippen LogP contribution in [-0.2, 0) is 9.59 Å². The summed E-state index contributed by atoms with van der Waals surface area (Å²) in [6, 6.07) is 0. The van der Waals surface area contributed by atoms with E-state index in [0.717, 1.165) is 0 Å². The summed E-state index contributed by atoms with van der Waals surface area (Å²) < 4.78 is 0. The molecule has 0 fully saturated rings. The van der Waals surface area contributed by atoms with Crippen LogP contribution >= 0.6 is 0 Å². The zero-order valence-electron chi connectivity index (χ0n) is 6.63. The molecule has 64 valence electrons. The average molecular weight is 160 g/mol. The number of Topliss-reactive ketones (excluding diaryl/α,β-unsaturated/α-hetero) is 1. The lowest BCUT2D eigenvalue weighted by atomic mass is 9.88. The molecule has 0 aliphatic heterocycles. The lowest BCUT2D eigenvalue weighted by molar-refractivity contribution is -0.150. The van der Waals surface area contributed by atoms with E-state index in [0.29, 0.717) is 0 Å². The molecular formula is C7H12O4. The monoisotopic (exact) mass is 160 g/mol. The van der Waals surface area contributed by atoms with E-state index in [1.165, 1.54) is 0 Å². The molecule has 0 aromatic heterocycles. The van der Waals surface area contributed by atoms with Crippen LogP contribution in [0.15, 0.2) is 0 Å². The Bertz CT molecular complexity index is 171. The molecule has 0 bridgehead atoms. The van der Waals surface area contributed by atoms with E-state index in [1.807, 2.05) is 0 Å². The van der Waals surface area contributed by atoms with Crippen LogP contribution in [0.1, 0.15) is 20.3 Å². The molecule has 0 atom stereocenters. The Morgan fingerprint density at radius 2 is 1.82 bits per heavy atom. The number of rotatable bonds is 4. The Morgan fingerprint density at radius 1 is 1.36 bits per heavy atom. The van der Waals surface area contributed by atoms with E-state index in [4.69, 9.17) is 10.2 Å². The lowest BCUT2D eigenvalue weighted by Gasteiger charge is -2.18. The Hall–Kier alpha value is -0.900.